The molecule has 0 bridgehead atoms. The Hall–Kier alpha value is -2.25. The third-order valence-electron chi connectivity index (χ3n) is 5.84. The zero-order chi connectivity index (χ0) is 24.0. The molecule has 3 rings (SSSR count). The molecule has 190 valence electrons. The SMILES string of the molecule is CC(C)c1cccc(C(C)C)c1N1C=CN(c2c(C(C)C)cccc2C(C)C)[CH-]1.[CH3-].[N-]=[N+]=[N-].[Pd]. The maximum atomic E-state index is 6.75. The maximum Gasteiger partial charge on any atom is 0.0195 e. The van der Waals surface area contributed by atoms with E-state index in [1.54, 1.807) is 0 Å². The molecule has 1 heterocycles. The number of anilines is 2. The standard InChI is InChI=1S/C27H37N2.CH3.N3.Pd/c1-18(2)22-11-9-12-23(19(3)4)26(22)28-15-16-29(17-28)27-24(20(5)6)13-10-14-25(27)21(7)8;;1-3-2;/h9-21H,1-8H3;1H3;;/q3*-1;. The Kier molecular flexibility index (Phi) is 13.3. The second kappa shape index (κ2) is 14.2. The van der Waals surface area contributed by atoms with Crippen molar-refractivity contribution in [1.29, 1.82) is 0 Å². The summed E-state index contributed by atoms with van der Waals surface area (Å²) in [5.41, 5.74) is 21.8. The number of nitrogens with zero attached hydrogens (tertiary/aromatic N) is 5. The third kappa shape index (κ3) is 7.13. The molecule has 34 heavy (non-hydrogen) atoms. The molecule has 0 radical (unpaired) electrons. The Labute approximate surface area is 221 Å². The van der Waals surface area contributed by atoms with Crippen LogP contribution in [0.4, 0.5) is 11.4 Å². The maximum absolute atomic E-state index is 6.75. The first-order valence-corrected chi connectivity index (χ1v) is 11.5. The van der Waals surface area contributed by atoms with Crippen molar-refractivity contribution in [1.82, 2.24) is 0 Å². The third-order valence-corrected chi connectivity index (χ3v) is 5.84. The minimum Gasteiger partial charge on any atom is -0.479 e. The van der Waals surface area contributed by atoms with Crippen LogP contribution in [0.25, 0.3) is 16.0 Å². The summed E-state index contributed by atoms with van der Waals surface area (Å²) in [6.07, 6.45) is 4.43. The van der Waals surface area contributed by atoms with Gasteiger partial charge in [0.15, 0.2) is 0 Å². The first-order chi connectivity index (χ1) is 15.1. The first kappa shape index (κ1) is 31.8. The van der Waals surface area contributed by atoms with Crippen LogP contribution in [0.2, 0.25) is 0 Å². The molecule has 0 amide bonds. The molecular formula is C28H40N5Pd-3. The molecule has 5 nitrogen and oxygen atoms in total. The Morgan fingerprint density at radius 3 is 1.06 bits per heavy atom. The van der Waals surface area contributed by atoms with Crippen LogP contribution in [-0.2, 0) is 20.4 Å². The Bertz CT molecular complexity index is 849. The average molecular weight is 553 g/mol. The average Bonchev–Trinajstić information content (AvgIpc) is 3.22. The Morgan fingerprint density at radius 2 is 0.853 bits per heavy atom. The van der Waals surface area contributed by atoms with E-state index in [9.17, 15) is 0 Å². The van der Waals surface area contributed by atoms with Crippen molar-refractivity contribution < 1.29 is 20.4 Å². The van der Waals surface area contributed by atoms with Crippen molar-refractivity contribution >= 4 is 11.4 Å². The molecule has 0 N–H and O–H groups in total. The summed E-state index contributed by atoms with van der Waals surface area (Å²) in [6, 6.07) is 13.5. The van der Waals surface area contributed by atoms with Gasteiger partial charge in [0.2, 0.25) is 0 Å². The number of benzene rings is 2. The van der Waals surface area contributed by atoms with E-state index in [0.717, 1.165) is 0 Å². The van der Waals surface area contributed by atoms with Gasteiger partial charge in [-0.25, -0.2) is 0 Å². The van der Waals surface area contributed by atoms with E-state index in [1.165, 1.54) is 38.5 Å². The molecular weight excluding hydrogens is 513 g/mol. The summed E-state index contributed by atoms with van der Waals surface area (Å²) in [7, 11) is 0. The van der Waals surface area contributed by atoms with Crippen molar-refractivity contribution in [2.45, 2.75) is 79.1 Å². The molecule has 0 aliphatic carbocycles. The molecule has 1 aliphatic rings. The summed E-state index contributed by atoms with van der Waals surface area (Å²) in [6.45, 7) is 20.5. The second-order valence-electron chi connectivity index (χ2n) is 9.51. The van der Waals surface area contributed by atoms with Gasteiger partial charge in [-0.2, -0.15) is 0 Å². The minimum atomic E-state index is 0. The summed E-state index contributed by atoms with van der Waals surface area (Å²) < 4.78 is 0. The van der Waals surface area contributed by atoms with Crippen molar-refractivity contribution in [2.75, 3.05) is 9.80 Å². The minimum absolute atomic E-state index is 0. The van der Waals surface area contributed by atoms with Crippen LogP contribution in [0, 0.1) is 14.1 Å². The van der Waals surface area contributed by atoms with Crippen molar-refractivity contribution in [3.8, 4) is 0 Å². The van der Waals surface area contributed by atoms with Crippen LogP contribution in [0.5, 0.6) is 0 Å². The normalized spacial score (nSPS) is 12.5. The predicted octanol–water partition coefficient (Wildman–Crippen LogP) is 9.41. The van der Waals surface area contributed by atoms with Gasteiger partial charge >= 0.3 is 0 Å². The quantitative estimate of drug-likeness (QED) is 0.118. The van der Waals surface area contributed by atoms with Gasteiger partial charge < -0.3 is 28.3 Å². The Balaban J connectivity index is 0.00000207. The van der Waals surface area contributed by atoms with Crippen LogP contribution < -0.4 is 9.80 Å². The number of hydrogen-bond donors (Lipinski definition) is 0. The van der Waals surface area contributed by atoms with Gasteiger partial charge in [-0.05, 0) is 58.3 Å². The molecule has 0 unspecified atom stereocenters. The van der Waals surface area contributed by atoms with Crippen molar-refractivity contribution in [3.63, 3.8) is 0 Å². The zero-order valence-electron chi connectivity index (χ0n) is 22.1. The Morgan fingerprint density at radius 1 is 0.618 bits per heavy atom. The first-order valence-electron chi connectivity index (χ1n) is 11.5. The van der Waals surface area contributed by atoms with Gasteiger partial charge in [0, 0.05) is 31.8 Å². The fourth-order valence-corrected chi connectivity index (χ4v) is 4.24. The molecule has 6 heteroatoms. The molecule has 0 saturated carbocycles. The van der Waals surface area contributed by atoms with Crippen molar-refractivity contribution in [2.24, 2.45) is 0 Å². The second-order valence-corrected chi connectivity index (χ2v) is 9.51. The van der Waals surface area contributed by atoms with E-state index in [-0.39, 0.29) is 27.8 Å². The molecule has 2 aromatic carbocycles. The van der Waals surface area contributed by atoms with Gasteiger partial charge in [-0.3, -0.25) is 4.91 Å². The molecule has 0 fully saturated rings. The van der Waals surface area contributed by atoms with Crippen LogP contribution in [0.3, 0.4) is 0 Å². The van der Waals surface area contributed by atoms with Crippen LogP contribution >= 0.6 is 0 Å². The zero-order valence-corrected chi connectivity index (χ0v) is 23.6. The van der Waals surface area contributed by atoms with Crippen molar-refractivity contribution in [3.05, 3.63) is 101 Å². The van der Waals surface area contributed by atoms with Gasteiger partial charge in [-0.15, -0.1) is 6.67 Å². The van der Waals surface area contributed by atoms with Gasteiger partial charge in [-0.1, -0.05) is 91.8 Å². The van der Waals surface area contributed by atoms with Crippen LogP contribution in [-0.4, -0.2) is 0 Å². The predicted molar refractivity (Wildman–Crippen MR) is 144 cm³/mol. The fourth-order valence-electron chi connectivity index (χ4n) is 4.24. The summed E-state index contributed by atoms with van der Waals surface area (Å²) in [5, 5.41) is 0. The van der Waals surface area contributed by atoms with Crippen LogP contribution in [0.1, 0.15) is 101 Å². The van der Waals surface area contributed by atoms with E-state index in [2.05, 4.69) is 121 Å². The van der Waals surface area contributed by atoms with Crippen LogP contribution in [0.15, 0.2) is 48.8 Å². The smallest absolute Gasteiger partial charge is 0.0195 e. The van der Waals surface area contributed by atoms with E-state index in [1.807, 2.05) is 0 Å². The number of para-hydroxylation sites is 2. The van der Waals surface area contributed by atoms with E-state index < -0.39 is 0 Å². The monoisotopic (exact) mass is 552 g/mol. The van der Waals surface area contributed by atoms with E-state index >= 15 is 0 Å². The molecule has 1 aliphatic heterocycles. The largest absolute Gasteiger partial charge is 0.479 e. The van der Waals surface area contributed by atoms with Gasteiger partial charge in [0.05, 0.1) is 0 Å². The van der Waals surface area contributed by atoms with E-state index in [4.69, 9.17) is 11.1 Å². The molecule has 0 spiro atoms. The van der Waals surface area contributed by atoms with Gasteiger partial charge in [0.25, 0.3) is 0 Å². The number of rotatable bonds is 6. The summed E-state index contributed by atoms with van der Waals surface area (Å²) in [5.74, 6) is 1.92. The molecule has 0 saturated heterocycles. The fraction of sp³-hybridized carbons (Fsp3) is 0.429. The topological polar surface area (TPSA) is 65.2 Å². The van der Waals surface area contributed by atoms with E-state index in [0.29, 0.717) is 23.7 Å². The molecule has 2 aromatic rings. The summed E-state index contributed by atoms with van der Waals surface area (Å²) >= 11 is 0. The number of hydrogen-bond acceptors (Lipinski definition) is 2. The van der Waals surface area contributed by atoms with Gasteiger partial charge in [0.1, 0.15) is 0 Å². The molecule has 0 aromatic heterocycles. The molecule has 0 atom stereocenters. The summed E-state index contributed by atoms with van der Waals surface area (Å²) in [4.78, 5) is 6.15.